The third-order valence-electron chi connectivity index (χ3n) is 3.06. The van der Waals surface area contributed by atoms with Crippen molar-refractivity contribution < 1.29 is 14.7 Å². The topological polar surface area (TPSA) is 69.6 Å². The second-order valence-electron chi connectivity index (χ2n) is 4.76. The van der Waals surface area contributed by atoms with Gasteiger partial charge in [-0.25, -0.2) is 4.79 Å². The number of nitrogens with one attached hydrogen (secondary N) is 1. The third-order valence-corrected chi connectivity index (χ3v) is 3.06. The number of hydrogen-bond donors (Lipinski definition) is 2. The standard InChI is InChI=1S/C15H22N2O3/c1-3-4-11-17(2)15(20)16-13-8-6-5-7-12(13)9-10-14(18)19/h5-8H,3-4,9-11H2,1-2H3,(H,16,20)(H,18,19). The van der Waals surface area contributed by atoms with Gasteiger partial charge in [0.2, 0.25) is 0 Å². The van der Waals surface area contributed by atoms with E-state index in [1.807, 2.05) is 18.2 Å². The first-order valence-electron chi connectivity index (χ1n) is 6.86. The van der Waals surface area contributed by atoms with E-state index in [4.69, 9.17) is 5.11 Å². The van der Waals surface area contributed by atoms with Gasteiger partial charge in [-0.1, -0.05) is 31.5 Å². The number of unbranched alkanes of at least 4 members (excludes halogenated alkanes) is 1. The summed E-state index contributed by atoms with van der Waals surface area (Å²) >= 11 is 0. The Balaban J connectivity index is 2.66. The number of benzene rings is 1. The average molecular weight is 278 g/mol. The SMILES string of the molecule is CCCCN(C)C(=O)Nc1ccccc1CCC(=O)O. The van der Waals surface area contributed by atoms with Gasteiger partial charge in [-0.3, -0.25) is 4.79 Å². The van der Waals surface area contributed by atoms with Gasteiger partial charge in [0.15, 0.2) is 0 Å². The van der Waals surface area contributed by atoms with Crippen LogP contribution in [0, 0.1) is 0 Å². The lowest BCUT2D eigenvalue weighted by Crippen LogP contribution is -2.32. The fourth-order valence-electron chi connectivity index (χ4n) is 1.81. The molecule has 0 heterocycles. The van der Waals surface area contributed by atoms with Gasteiger partial charge in [0.1, 0.15) is 0 Å². The quantitative estimate of drug-likeness (QED) is 0.805. The summed E-state index contributed by atoms with van der Waals surface area (Å²) in [4.78, 5) is 24.3. The van der Waals surface area contributed by atoms with Crippen LogP contribution in [0.15, 0.2) is 24.3 Å². The predicted molar refractivity (Wildman–Crippen MR) is 79.0 cm³/mol. The molecule has 1 rings (SSSR count). The van der Waals surface area contributed by atoms with Crippen molar-refractivity contribution in [2.45, 2.75) is 32.6 Å². The van der Waals surface area contributed by atoms with E-state index in [0.717, 1.165) is 18.4 Å². The molecule has 2 N–H and O–H groups in total. The van der Waals surface area contributed by atoms with E-state index in [0.29, 0.717) is 18.7 Å². The summed E-state index contributed by atoms with van der Waals surface area (Å²) in [6.45, 7) is 2.78. The zero-order chi connectivity index (χ0) is 15.0. The molecule has 2 amide bonds. The fraction of sp³-hybridized carbons (Fsp3) is 0.467. The second-order valence-corrected chi connectivity index (χ2v) is 4.76. The Labute approximate surface area is 119 Å². The van der Waals surface area contributed by atoms with Crippen LogP contribution in [0.25, 0.3) is 0 Å². The maximum atomic E-state index is 12.0. The number of aryl methyl sites for hydroxylation is 1. The van der Waals surface area contributed by atoms with Gasteiger partial charge in [-0.05, 0) is 24.5 Å². The number of aliphatic carboxylic acids is 1. The highest BCUT2D eigenvalue weighted by molar-refractivity contribution is 5.90. The summed E-state index contributed by atoms with van der Waals surface area (Å²) in [6.07, 6.45) is 2.46. The van der Waals surface area contributed by atoms with E-state index in [1.54, 1.807) is 18.0 Å². The Hall–Kier alpha value is -2.04. The maximum Gasteiger partial charge on any atom is 0.321 e. The Morgan fingerprint density at radius 1 is 1.30 bits per heavy atom. The molecule has 20 heavy (non-hydrogen) atoms. The zero-order valence-electron chi connectivity index (χ0n) is 12.1. The molecule has 1 aromatic carbocycles. The smallest absolute Gasteiger partial charge is 0.321 e. The van der Waals surface area contributed by atoms with Gasteiger partial charge in [0.25, 0.3) is 0 Å². The van der Waals surface area contributed by atoms with E-state index in [-0.39, 0.29) is 12.5 Å². The van der Waals surface area contributed by atoms with Crippen molar-refractivity contribution in [1.29, 1.82) is 0 Å². The van der Waals surface area contributed by atoms with Crippen molar-refractivity contribution in [1.82, 2.24) is 4.90 Å². The molecule has 1 aromatic rings. The van der Waals surface area contributed by atoms with Crippen molar-refractivity contribution in [2.75, 3.05) is 18.9 Å². The number of urea groups is 1. The Bertz CT molecular complexity index is 460. The number of carbonyl (C=O) groups excluding carboxylic acids is 1. The van der Waals surface area contributed by atoms with Crippen LogP contribution in [0.4, 0.5) is 10.5 Å². The minimum atomic E-state index is -0.841. The Morgan fingerprint density at radius 3 is 2.65 bits per heavy atom. The van der Waals surface area contributed by atoms with Crippen molar-refractivity contribution >= 4 is 17.7 Å². The number of rotatable bonds is 7. The first-order chi connectivity index (χ1) is 9.54. The van der Waals surface area contributed by atoms with Crippen LogP contribution in [0.5, 0.6) is 0 Å². The van der Waals surface area contributed by atoms with Crippen molar-refractivity contribution in [3.63, 3.8) is 0 Å². The average Bonchev–Trinajstić information content (AvgIpc) is 2.43. The van der Waals surface area contributed by atoms with Crippen molar-refractivity contribution in [3.05, 3.63) is 29.8 Å². The van der Waals surface area contributed by atoms with Gasteiger partial charge >= 0.3 is 12.0 Å². The van der Waals surface area contributed by atoms with Gasteiger partial charge < -0.3 is 15.3 Å². The summed E-state index contributed by atoms with van der Waals surface area (Å²) in [6, 6.07) is 7.13. The van der Waals surface area contributed by atoms with Crippen LogP contribution in [-0.4, -0.2) is 35.6 Å². The molecule has 0 spiro atoms. The highest BCUT2D eigenvalue weighted by Gasteiger charge is 2.11. The number of carboxylic acids is 1. The van der Waals surface area contributed by atoms with Gasteiger partial charge in [-0.15, -0.1) is 0 Å². The molecule has 0 fully saturated rings. The minimum Gasteiger partial charge on any atom is -0.481 e. The minimum absolute atomic E-state index is 0.0541. The maximum absolute atomic E-state index is 12.0. The first kappa shape index (κ1) is 16.0. The summed E-state index contributed by atoms with van der Waals surface area (Å²) in [7, 11) is 1.75. The van der Waals surface area contributed by atoms with Crippen LogP contribution < -0.4 is 5.32 Å². The van der Waals surface area contributed by atoms with Gasteiger partial charge in [0, 0.05) is 25.7 Å². The molecule has 0 aliphatic carbocycles. The molecule has 0 atom stereocenters. The number of anilines is 1. The lowest BCUT2D eigenvalue weighted by molar-refractivity contribution is -0.136. The van der Waals surface area contributed by atoms with E-state index in [2.05, 4.69) is 12.2 Å². The molecule has 110 valence electrons. The third kappa shape index (κ3) is 5.30. The molecular formula is C15H22N2O3. The molecule has 5 heteroatoms. The first-order valence-corrected chi connectivity index (χ1v) is 6.86. The monoisotopic (exact) mass is 278 g/mol. The van der Waals surface area contributed by atoms with Crippen LogP contribution in [-0.2, 0) is 11.2 Å². The van der Waals surface area contributed by atoms with Crippen molar-refractivity contribution in [3.8, 4) is 0 Å². The summed E-state index contributed by atoms with van der Waals surface area (Å²) in [5.74, 6) is -0.841. The Kier molecular flexibility index (Phi) is 6.56. The number of hydrogen-bond acceptors (Lipinski definition) is 2. The molecular weight excluding hydrogens is 256 g/mol. The summed E-state index contributed by atoms with van der Waals surface area (Å²) in [5.41, 5.74) is 1.52. The fourth-order valence-corrected chi connectivity index (χ4v) is 1.81. The molecule has 0 aliphatic rings. The molecule has 0 saturated heterocycles. The molecule has 0 bridgehead atoms. The van der Waals surface area contributed by atoms with E-state index in [9.17, 15) is 9.59 Å². The number of amides is 2. The van der Waals surface area contributed by atoms with Crippen LogP contribution in [0.3, 0.4) is 0 Å². The van der Waals surface area contributed by atoms with E-state index in [1.165, 1.54) is 0 Å². The summed E-state index contributed by atoms with van der Waals surface area (Å²) < 4.78 is 0. The molecule has 0 saturated carbocycles. The predicted octanol–water partition coefficient (Wildman–Crippen LogP) is 2.97. The summed E-state index contributed by atoms with van der Waals surface area (Å²) in [5, 5.41) is 11.6. The zero-order valence-corrected chi connectivity index (χ0v) is 12.1. The molecule has 0 radical (unpaired) electrons. The molecule has 0 unspecified atom stereocenters. The lowest BCUT2D eigenvalue weighted by atomic mass is 10.1. The highest BCUT2D eigenvalue weighted by atomic mass is 16.4. The number of carboxylic acid groups (broad SMARTS) is 1. The normalized spacial score (nSPS) is 10.1. The van der Waals surface area contributed by atoms with Crippen molar-refractivity contribution in [2.24, 2.45) is 0 Å². The second kappa shape index (κ2) is 8.19. The molecule has 0 aromatic heterocycles. The largest absolute Gasteiger partial charge is 0.481 e. The van der Waals surface area contributed by atoms with E-state index < -0.39 is 5.97 Å². The lowest BCUT2D eigenvalue weighted by Gasteiger charge is -2.19. The molecule has 0 aliphatic heterocycles. The van der Waals surface area contributed by atoms with Crippen LogP contribution in [0.1, 0.15) is 31.7 Å². The van der Waals surface area contributed by atoms with Gasteiger partial charge in [-0.2, -0.15) is 0 Å². The number of nitrogens with zero attached hydrogens (tertiary/aromatic N) is 1. The van der Waals surface area contributed by atoms with Gasteiger partial charge in [0.05, 0.1) is 0 Å². The molecule has 5 nitrogen and oxygen atoms in total. The van der Waals surface area contributed by atoms with Crippen LogP contribution in [0.2, 0.25) is 0 Å². The van der Waals surface area contributed by atoms with E-state index >= 15 is 0 Å². The highest BCUT2D eigenvalue weighted by Crippen LogP contribution is 2.17. The number of carbonyl (C=O) groups is 2. The number of para-hydroxylation sites is 1. The Morgan fingerprint density at radius 2 is 2.00 bits per heavy atom. The van der Waals surface area contributed by atoms with Crippen LogP contribution >= 0.6 is 0 Å².